The lowest BCUT2D eigenvalue weighted by molar-refractivity contribution is 0.923. The molecular formula is C54H39N5. The highest BCUT2D eigenvalue weighted by Gasteiger charge is 2.19. The molecule has 0 bridgehead atoms. The first-order chi connectivity index (χ1) is 29.2. The van der Waals surface area contributed by atoms with Gasteiger partial charge in [-0.05, 0) is 83.8 Å². The van der Waals surface area contributed by atoms with E-state index in [0.29, 0.717) is 17.5 Å². The van der Waals surface area contributed by atoms with Crippen LogP contribution in [0.2, 0.25) is 0 Å². The number of fused-ring (bicyclic) bond motifs is 6. The molecule has 0 aliphatic carbocycles. The van der Waals surface area contributed by atoms with Crippen molar-refractivity contribution in [2.45, 2.75) is 19.8 Å². The molecule has 5 nitrogen and oxygen atoms in total. The maximum absolute atomic E-state index is 5.02. The summed E-state index contributed by atoms with van der Waals surface area (Å²) in [6.07, 6.45) is 2.18. The number of hydrogen-bond acceptors (Lipinski definition) is 3. The van der Waals surface area contributed by atoms with Gasteiger partial charge in [0.15, 0.2) is 17.5 Å². The lowest BCUT2D eigenvalue weighted by Gasteiger charge is -2.12. The SMILES string of the molecule is CCCc1ccc2c(c1)c1cc3c4ccccc4n(-c4cccc(-c5cccc(-c6nc(-c7ccccc7)nc(-c7ccccc7)n6)c5)c4)c3cc1n2-c1ccccc1. The zero-order valence-corrected chi connectivity index (χ0v) is 32.6. The highest BCUT2D eigenvalue weighted by molar-refractivity contribution is 6.19. The number of rotatable bonds is 8. The van der Waals surface area contributed by atoms with Gasteiger partial charge in [-0.25, -0.2) is 15.0 Å². The molecule has 11 aromatic rings. The largest absolute Gasteiger partial charge is 0.309 e. The van der Waals surface area contributed by atoms with Gasteiger partial charge in [-0.3, -0.25) is 0 Å². The summed E-state index contributed by atoms with van der Waals surface area (Å²) >= 11 is 0. The van der Waals surface area contributed by atoms with Gasteiger partial charge in [0.2, 0.25) is 0 Å². The summed E-state index contributed by atoms with van der Waals surface area (Å²) < 4.78 is 4.86. The second kappa shape index (κ2) is 14.4. The minimum Gasteiger partial charge on any atom is -0.309 e. The van der Waals surface area contributed by atoms with Gasteiger partial charge < -0.3 is 9.13 Å². The third kappa shape index (κ3) is 6.07. The van der Waals surface area contributed by atoms with Crippen molar-refractivity contribution in [1.82, 2.24) is 24.1 Å². The van der Waals surface area contributed by atoms with Crippen molar-refractivity contribution in [3.05, 3.63) is 200 Å². The average Bonchev–Trinajstić information content (AvgIpc) is 3.80. The first-order valence-corrected chi connectivity index (χ1v) is 20.3. The first-order valence-electron chi connectivity index (χ1n) is 20.3. The van der Waals surface area contributed by atoms with Crippen LogP contribution in [0.15, 0.2) is 194 Å². The molecule has 0 fully saturated rings. The fraction of sp³-hybridized carbons (Fsp3) is 0.0556. The predicted molar refractivity (Wildman–Crippen MR) is 244 cm³/mol. The lowest BCUT2D eigenvalue weighted by atomic mass is 10.0. The van der Waals surface area contributed by atoms with Crippen molar-refractivity contribution in [3.8, 4) is 56.7 Å². The molecule has 8 aromatic carbocycles. The van der Waals surface area contributed by atoms with Crippen molar-refractivity contribution < 1.29 is 0 Å². The summed E-state index contributed by atoms with van der Waals surface area (Å²) in [6.45, 7) is 2.25. The Kier molecular flexibility index (Phi) is 8.44. The van der Waals surface area contributed by atoms with Crippen LogP contribution in [0.25, 0.3) is 100 Å². The average molecular weight is 758 g/mol. The summed E-state index contributed by atoms with van der Waals surface area (Å²) in [7, 11) is 0. The summed E-state index contributed by atoms with van der Waals surface area (Å²) in [5, 5.41) is 5.04. The minimum absolute atomic E-state index is 0.637. The van der Waals surface area contributed by atoms with Crippen LogP contribution in [-0.4, -0.2) is 24.1 Å². The summed E-state index contributed by atoms with van der Waals surface area (Å²) in [4.78, 5) is 14.9. The zero-order valence-electron chi connectivity index (χ0n) is 32.6. The molecule has 3 aromatic heterocycles. The Balaban J connectivity index is 1.08. The number of aromatic nitrogens is 5. The van der Waals surface area contributed by atoms with Gasteiger partial charge in [0.25, 0.3) is 0 Å². The van der Waals surface area contributed by atoms with Crippen LogP contribution in [0, 0.1) is 0 Å². The zero-order chi connectivity index (χ0) is 39.3. The molecule has 0 aliphatic rings. The van der Waals surface area contributed by atoms with Crippen LogP contribution < -0.4 is 0 Å². The molecule has 0 saturated carbocycles. The Labute approximate surface area is 342 Å². The Morgan fingerprint density at radius 2 is 0.831 bits per heavy atom. The van der Waals surface area contributed by atoms with E-state index in [-0.39, 0.29) is 0 Å². The van der Waals surface area contributed by atoms with Crippen LogP contribution >= 0.6 is 0 Å². The Morgan fingerprint density at radius 3 is 1.53 bits per heavy atom. The van der Waals surface area contributed by atoms with Crippen molar-refractivity contribution in [2.24, 2.45) is 0 Å². The van der Waals surface area contributed by atoms with Gasteiger partial charge in [0.1, 0.15) is 0 Å². The minimum atomic E-state index is 0.637. The van der Waals surface area contributed by atoms with Gasteiger partial charge in [-0.1, -0.05) is 147 Å². The highest BCUT2D eigenvalue weighted by Crippen LogP contribution is 2.40. The molecule has 0 unspecified atom stereocenters. The molecule has 0 radical (unpaired) electrons. The van der Waals surface area contributed by atoms with Crippen LogP contribution in [0.5, 0.6) is 0 Å². The van der Waals surface area contributed by atoms with Crippen molar-refractivity contribution in [3.63, 3.8) is 0 Å². The smallest absolute Gasteiger partial charge is 0.164 e. The van der Waals surface area contributed by atoms with E-state index in [9.17, 15) is 0 Å². The van der Waals surface area contributed by atoms with E-state index < -0.39 is 0 Å². The highest BCUT2D eigenvalue weighted by atomic mass is 15.0. The van der Waals surface area contributed by atoms with Crippen LogP contribution in [-0.2, 0) is 6.42 Å². The van der Waals surface area contributed by atoms with E-state index in [0.717, 1.165) is 52.0 Å². The predicted octanol–water partition coefficient (Wildman–Crippen LogP) is 13.7. The number of aryl methyl sites for hydroxylation is 1. The van der Waals surface area contributed by atoms with E-state index in [2.05, 4.69) is 150 Å². The van der Waals surface area contributed by atoms with E-state index in [1.807, 2.05) is 60.7 Å². The van der Waals surface area contributed by atoms with Crippen LogP contribution in [0.4, 0.5) is 0 Å². The number of nitrogens with zero attached hydrogens (tertiary/aromatic N) is 5. The third-order valence-corrected chi connectivity index (χ3v) is 11.4. The van der Waals surface area contributed by atoms with Gasteiger partial charge in [-0.2, -0.15) is 0 Å². The molecule has 59 heavy (non-hydrogen) atoms. The van der Waals surface area contributed by atoms with Crippen molar-refractivity contribution in [2.75, 3.05) is 0 Å². The normalized spacial score (nSPS) is 11.6. The first kappa shape index (κ1) is 34.6. The number of hydrogen-bond donors (Lipinski definition) is 0. The topological polar surface area (TPSA) is 48.5 Å². The molecule has 11 rings (SSSR count). The van der Waals surface area contributed by atoms with E-state index >= 15 is 0 Å². The second-order valence-electron chi connectivity index (χ2n) is 15.2. The lowest BCUT2D eigenvalue weighted by Crippen LogP contribution is -2.00. The van der Waals surface area contributed by atoms with Gasteiger partial charge >= 0.3 is 0 Å². The van der Waals surface area contributed by atoms with Gasteiger partial charge in [-0.15, -0.1) is 0 Å². The molecule has 5 heteroatoms. The summed E-state index contributed by atoms with van der Waals surface area (Å²) in [5.74, 6) is 1.93. The summed E-state index contributed by atoms with van der Waals surface area (Å²) in [5.41, 5.74) is 13.4. The molecule has 0 aliphatic heterocycles. The van der Waals surface area contributed by atoms with Crippen LogP contribution in [0.1, 0.15) is 18.9 Å². The molecule has 0 spiro atoms. The molecule has 0 amide bonds. The van der Waals surface area contributed by atoms with E-state index in [1.54, 1.807) is 0 Å². The molecular weight excluding hydrogens is 719 g/mol. The fourth-order valence-electron chi connectivity index (χ4n) is 8.71. The molecule has 0 N–H and O–H groups in total. The maximum atomic E-state index is 5.02. The van der Waals surface area contributed by atoms with E-state index in [4.69, 9.17) is 15.0 Å². The number of para-hydroxylation sites is 2. The Bertz CT molecular complexity index is 3270. The monoisotopic (exact) mass is 757 g/mol. The maximum Gasteiger partial charge on any atom is 0.164 e. The van der Waals surface area contributed by atoms with Crippen molar-refractivity contribution in [1.29, 1.82) is 0 Å². The molecule has 0 atom stereocenters. The Hall–Kier alpha value is -7.63. The standard InChI is InChI=1S/C54H39N5/c1-2-16-36-29-30-49-45(31-36)47-34-46-44-27-12-13-28-48(44)59(50(46)35-51(47)58(49)42-24-10-5-11-25-42)43-26-15-22-40(33-43)39-21-14-23-41(32-39)54-56-52(37-17-6-3-7-18-37)55-53(57-54)38-19-8-4-9-20-38/h3-15,17-35H,2,16H2,1H3. The summed E-state index contributed by atoms with van der Waals surface area (Å²) in [6, 6.07) is 69.0. The number of benzene rings is 8. The quantitative estimate of drug-likeness (QED) is 0.155. The fourth-order valence-corrected chi connectivity index (χ4v) is 8.71. The van der Waals surface area contributed by atoms with Gasteiger partial charge in [0, 0.05) is 49.6 Å². The molecule has 280 valence electrons. The van der Waals surface area contributed by atoms with Crippen LogP contribution in [0.3, 0.4) is 0 Å². The third-order valence-electron chi connectivity index (χ3n) is 11.4. The van der Waals surface area contributed by atoms with Crippen molar-refractivity contribution >= 4 is 43.6 Å². The molecule has 3 heterocycles. The van der Waals surface area contributed by atoms with E-state index in [1.165, 1.54) is 49.2 Å². The second-order valence-corrected chi connectivity index (χ2v) is 15.2. The molecule has 0 saturated heterocycles. The Morgan fingerprint density at radius 1 is 0.339 bits per heavy atom. The van der Waals surface area contributed by atoms with Gasteiger partial charge in [0.05, 0.1) is 22.1 Å².